The van der Waals surface area contributed by atoms with Gasteiger partial charge in [-0.05, 0) is 58.2 Å². The van der Waals surface area contributed by atoms with Crippen LogP contribution in [0.3, 0.4) is 0 Å². The summed E-state index contributed by atoms with van der Waals surface area (Å²) in [5.74, 6) is 0. The van der Waals surface area contributed by atoms with Crippen LogP contribution in [0, 0.1) is 12.1 Å². The Hall–Kier alpha value is -5.91. The van der Waals surface area contributed by atoms with Gasteiger partial charge in [0.1, 0.15) is 19.9 Å². The predicted octanol–water partition coefficient (Wildman–Crippen LogP) is 10.4. The summed E-state index contributed by atoms with van der Waals surface area (Å²) >= 11 is 0. The van der Waals surface area contributed by atoms with Crippen LogP contribution in [0.2, 0.25) is 13.1 Å². The number of halogens is 1. The number of nitrogens with zero attached hydrogens (tertiary/aromatic N) is 5. The normalized spacial score (nSPS) is 14.0. The van der Waals surface area contributed by atoms with Crippen molar-refractivity contribution < 1.29 is 24.8 Å². The van der Waals surface area contributed by atoms with Crippen molar-refractivity contribution in [2.45, 2.75) is 19.3 Å². The minimum atomic E-state index is -2.13. The Morgan fingerprint density at radius 2 is 1.36 bits per heavy atom. The van der Waals surface area contributed by atoms with E-state index in [1.165, 1.54) is 16.1 Å². The Balaban J connectivity index is 0.00000372. The molecule has 0 N–H and O–H groups in total. The third kappa shape index (κ3) is 4.92. The Morgan fingerprint density at radius 1 is 0.600 bits per heavy atom. The molecule has 55 heavy (non-hydrogen) atoms. The second-order valence-electron chi connectivity index (χ2n) is 14.6. The largest absolute Gasteiger partial charge is 2.00 e. The third-order valence-corrected chi connectivity index (χ3v) is 14.8. The molecule has 5 heterocycles. The van der Waals surface area contributed by atoms with Crippen molar-refractivity contribution in [2.75, 3.05) is 4.90 Å². The van der Waals surface area contributed by atoms with Gasteiger partial charge in [0.2, 0.25) is 0 Å². The minimum Gasteiger partial charge on any atom is -0.340 e. The molecule has 6 aromatic carbocycles. The van der Waals surface area contributed by atoms with Gasteiger partial charge in [0.25, 0.3) is 0 Å². The molecular formula is C47H32FN5PdSi. The zero-order valence-electron chi connectivity index (χ0n) is 29.9. The van der Waals surface area contributed by atoms with Crippen molar-refractivity contribution in [1.82, 2.24) is 18.9 Å². The number of rotatable bonds is 4. The summed E-state index contributed by atoms with van der Waals surface area (Å²) in [6.45, 7) is 4.89. The molecule has 4 aromatic heterocycles. The van der Waals surface area contributed by atoms with E-state index in [-0.39, 0.29) is 20.4 Å². The molecule has 266 valence electrons. The summed E-state index contributed by atoms with van der Waals surface area (Å²) < 4.78 is 21.0. The van der Waals surface area contributed by atoms with Gasteiger partial charge < -0.3 is 13.9 Å². The Morgan fingerprint density at radius 3 is 2.25 bits per heavy atom. The van der Waals surface area contributed by atoms with Crippen molar-refractivity contribution in [3.63, 3.8) is 0 Å². The number of benzene rings is 6. The van der Waals surface area contributed by atoms with Gasteiger partial charge in [-0.25, -0.2) is 9.37 Å². The number of aromatic nitrogens is 4. The van der Waals surface area contributed by atoms with Crippen LogP contribution in [0.15, 0.2) is 152 Å². The van der Waals surface area contributed by atoms with Gasteiger partial charge >= 0.3 is 20.4 Å². The third-order valence-electron chi connectivity index (χ3n) is 11.3. The molecular weight excluding hydrogens is 788 g/mol. The molecule has 0 bridgehead atoms. The Labute approximate surface area is 332 Å². The zero-order valence-corrected chi connectivity index (χ0v) is 32.5. The van der Waals surface area contributed by atoms with E-state index in [9.17, 15) is 0 Å². The fourth-order valence-corrected chi connectivity index (χ4v) is 11.7. The number of anilines is 3. The number of alkyl halides is 1. The number of hydrogen-bond acceptors (Lipinski definition) is 3. The van der Waals surface area contributed by atoms with Crippen LogP contribution in [0.25, 0.3) is 54.9 Å². The summed E-state index contributed by atoms with van der Waals surface area (Å²) in [7, 11) is -2.13. The van der Waals surface area contributed by atoms with Gasteiger partial charge in [-0.2, -0.15) is 18.2 Å². The Kier molecular flexibility index (Phi) is 7.69. The molecule has 1 aliphatic heterocycles. The molecule has 0 amide bonds. The average molecular weight is 820 g/mol. The molecule has 1 unspecified atom stereocenters. The quantitative estimate of drug-likeness (QED) is 0.101. The number of para-hydroxylation sites is 3. The van der Waals surface area contributed by atoms with Gasteiger partial charge in [-0.15, -0.1) is 29.8 Å². The standard InChI is InChI=1S/C47H32FN5Si.Pd/c1-54(2)43-20-9-8-19-40(43)52(32-13-4-3-5-14-32)42-29-41-37(28-44(42)54)36-17-11-23-49-47(36)53(41)33-15-10-12-30(26-33)45(48)31-21-22-34-35-16-6-7-18-39(35)51-25-24-50-46(51)38(34)27-31;/h3-25,28-29,45H,1-2H3;/q-2;+2. The Bertz CT molecular complexity index is 3130. The van der Waals surface area contributed by atoms with E-state index >= 15 is 4.39 Å². The second-order valence-corrected chi connectivity index (χ2v) is 18.9. The maximum Gasteiger partial charge on any atom is 2.00 e. The molecule has 1 atom stereocenters. The van der Waals surface area contributed by atoms with Gasteiger partial charge in [0.15, 0.2) is 0 Å². The fourth-order valence-electron chi connectivity index (χ4n) is 8.71. The van der Waals surface area contributed by atoms with Crippen LogP contribution < -0.4 is 15.3 Å². The number of hydrogen-bond donors (Lipinski definition) is 0. The maximum atomic E-state index is 16.9. The smallest absolute Gasteiger partial charge is 0.340 e. The first kappa shape index (κ1) is 33.6. The molecule has 0 radical (unpaired) electrons. The van der Waals surface area contributed by atoms with Gasteiger partial charge in [-0.3, -0.25) is 4.98 Å². The van der Waals surface area contributed by atoms with E-state index in [0.717, 1.165) is 66.3 Å². The number of pyridine rings is 2. The molecule has 1 aliphatic rings. The van der Waals surface area contributed by atoms with E-state index in [2.05, 4.69) is 125 Å². The first-order chi connectivity index (χ1) is 26.5. The van der Waals surface area contributed by atoms with Crippen LogP contribution in [0.5, 0.6) is 0 Å². The SMILES string of the molecule is C[Si]1(C)c2ccccc2N(c2ccccc2)c2cc3c(cc21)c1cccnc1n3-c1[c-]c(C(F)c2[c-]c3c(cc2)c2ccccc2n2ccnc32)ccc1.[Pd+2]. The number of fused-ring (bicyclic) bond motifs is 11. The molecule has 0 saturated heterocycles. The molecule has 0 aliphatic carbocycles. The summed E-state index contributed by atoms with van der Waals surface area (Å²) in [4.78, 5) is 12.0. The van der Waals surface area contributed by atoms with Crippen LogP contribution in [0.4, 0.5) is 21.5 Å². The second kappa shape index (κ2) is 12.6. The first-order valence-corrected chi connectivity index (χ1v) is 21.2. The van der Waals surface area contributed by atoms with Crippen LogP contribution in [0.1, 0.15) is 17.3 Å². The summed E-state index contributed by atoms with van der Waals surface area (Å²) in [5.41, 5.74) is 8.72. The molecule has 8 heteroatoms. The van der Waals surface area contributed by atoms with E-state index in [1.54, 1.807) is 6.20 Å². The van der Waals surface area contributed by atoms with Crippen LogP contribution in [-0.2, 0) is 20.4 Å². The molecule has 0 saturated carbocycles. The van der Waals surface area contributed by atoms with E-state index in [0.29, 0.717) is 11.1 Å². The monoisotopic (exact) mass is 819 g/mol. The van der Waals surface area contributed by atoms with Crippen LogP contribution >= 0.6 is 0 Å². The van der Waals surface area contributed by atoms with Crippen molar-refractivity contribution >= 4 is 84.8 Å². The topological polar surface area (TPSA) is 38.4 Å². The molecule has 5 nitrogen and oxygen atoms in total. The van der Waals surface area contributed by atoms with Crippen molar-refractivity contribution in [2.24, 2.45) is 0 Å². The van der Waals surface area contributed by atoms with Crippen LogP contribution in [-0.4, -0.2) is 27.0 Å². The van der Waals surface area contributed by atoms with E-state index in [1.807, 2.05) is 65.3 Å². The molecule has 0 fully saturated rings. The maximum absolute atomic E-state index is 16.9. The van der Waals surface area contributed by atoms with Gasteiger partial charge in [0.05, 0.1) is 11.2 Å². The summed E-state index contributed by atoms with van der Waals surface area (Å²) in [6, 6.07) is 53.0. The molecule has 10 aromatic rings. The average Bonchev–Trinajstić information content (AvgIpc) is 3.84. The minimum absolute atomic E-state index is 0. The van der Waals surface area contributed by atoms with E-state index < -0.39 is 14.2 Å². The van der Waals surface area contributed by atoms with Gasteiger partial charge in [-0.1, -0.05) is 95.8 Å². The van der Waals surface area contributed by atoms with Crippen molar-refractivity contribution in [3.8, 4) is 5.69 Å². The van der Waals surface area contributed by atoms with Gasteiger partial charge in [0, 0.05) is 51.9 Å². The van der Waals surface area contributed by atoms with Crippen molar-refractivity contribution in [1.29, 1.82) is 0 Å². The first-order valence-electron chi connectivity index (χ1n) is 18.2. The van der Waals surface area contributed by atoms with E-state index in [4.69, 9.17) is 4.98 Å². The number of imidazole rings is 1. The predicted molar refractivity (Wildman–Crippen MR) is 221 cm³/mol. The zero-order chi connectivity index (χ0) is 36.1. The molecule has 0 spiro atoms. The molecule has 11 rings (SSSR count). The summed E-state index contributed by atoms with van der Waals surface area (Å²) in [5, 5.41) is 7.82. The summed E-state index contributed by atoms with van der Waals surface area (Å²) in [6.07, 6.45) is 4.10. The fraction of sp³-hybridized carbons (Fsp3) is 0.0638. The van der Waals surface area contributed by atoms with Crippen molar-refractivity contribution in [3.05, 3.63) is 175 Å².